The second kappa shape index (κ2) is 7.52. The van der Waals surface area contributed by atoms with E-state index in [0.717, 1.165) is 29.5 Å². The molecule has 2 amide bonds. The van der Waals surface area contributed by atoms with Gasteiger partial charge in [-0.1, -0.05) is 12.1 Å². The van der Waals surface area contributed by atoms with Crippen LogP contribution in [0.25, 0.3) is 0 Å². The fourth-order valence-electron chi connectivity index (χ4n) is 2.64. The van der Waals surface area contributed by atoms with Crippen LogP contribution >= 0.6 is 11.3 Å². The number of hydrogen-bond acceptors (Lipinski definition) is 5. The number of aryl methyl sites for hydroxylation is 1. The molecule has 25 heavy (non-hydrogen) atoms. The Morgan fingerprint density at radius 3 is 2.44 bits per heavy atom. The lowest BCUT2D eigenvalue weighted by Crippen LogP contribution is -2.51. The van der Waals surface area contributed by atoms with Crippen LogP contribution in [0.15, 0.2) is 29.6 Å². The van der Waals surface area contributed by atoms with E-state index in [1.54, 1.807) is 40.5 Å². The van der Waals surface area contributed by atoms with E-state index in [4.69, 9.17) is 5.11 Å². The maximum atomic E-state index is 12.3. The number of nitrogens with zero attached hydrogens (tertiary/aromatic N) is 3. The first-order valence-corrected chi connectivity index (χ1v) is 8.93. The minimum atomic E-state index is -0.955. The highest BCUT2D eigenvalue weighted by molar-refractivity contribution is 7.13. The minimum Gasteiger partial charge on any atom is -0.478 e. The van der Waals surface area contributed by atoms with E-state index in [1.807, 2.05) is 12.3 Å². The van der Waals surface area contributed by atoms with E-state index in [0.29, 0.717) is 19.6 Å². The number of carbonyl (C=O) groups excluding carboxylic acids is 1. The quantitative estimate of drug-likeness (QED) is 0.873. The zero-order valence-electron chi connectivity index (χ0n) is 13.9. The van der Waals surface area contributed by atoms with Crippen molar-refractivity contribution in [3.63, 3.8) is 0 Å². The number of hydrogen-bond donors (Lipinski definition) is 2. The number of carboxylic acids is 1. The number of carboxylic acid groups (broad SMARTS) is 1. The Bertz CT molecular complexity index is 752. The van der Waals surface area contributed by atoms with Crippen LogP contribution in [-0.2, 0) is 6.54 Å². The molecule has 1 saturated heterocycles. The maximum Gasteiger partial charge on any atom is 0.335 e. The highest BCUT2D eigenvalue weighted by Crippen LogP contribution is 2.21. The van der Waals surface area contributed by atoms with E-state index < -0.39 is 5.97 Å². The van der Waals surface area contributed by atoms with Crippen molar-refractivity contribution in [2.24, 2.45) is 0 Å². The van der Waals surface area contributed by atoms with E-state index >= 15 is 0 Å². The van der Waals surface area contributed by atoms with Crippen molar-refractivity contribution in [1.82, 2.24) is 15.2 Å². The van der Waals surface area contributed by atoms with Gasteiger partial charge in [0.1, 0.15) is 0 Å². The van der Waals surface area contributed by atoms with Gasteiger partial charge in [0.25, 0.3) is 0 Å². The molecule has 7 nitrogen and oxygen atoms in total. The van der Waals surface area contributed by atoms with Gasteiger partial charge in [0, 0.05) is 38.1 Å². The van der Waals surface area contributed by atoms with Crippen molar-refractivity contribution in [2.75, 3.05) is 31.1 Å². The number of thiazole rings is 1. The van der Waals surface area contributed by atoms with Gasteiger partial charge in [-0.2, -0.15) is 0 Å². The molecule has 0 radical (unpaired) electrons. The molecule has 1 aliphatic rings. The Morgan fingerprint density at radius 1 is 1.20 bits per heavy atom. The standard InChI is InChI=1S/C17H20N4O3S/c1-12-11-25-17(19-12)21-8-6-20(7-9-21)16(24)18-10-13-2-4-14(5-3-13)15(22)23/h2-5,11H,6-10H2,1H3,(H,18,24)(H,22,23). The smallest absolute Gasteiger partial charge is 0.335 e. The molecule has 0 saturated carbocycles. The predicted molar refractivity (Wildman–Crippen MR) is 96.3 cm³/mol. The van der Waals surface area contributed by atoms with Gasteiger partial charge in [0.15, 0.2) is 5.13 Å². The number of urea groups is 1. The Hall–Kier alpha value is -2.61. The highest BCUT2D eigenvalue weighted by Gasteiger charge is 2.22. The fourth-order valence-corrected chi connectivity index (χ4v) is 3.50. The largest absolute Gasteiger partial charge is 0.478 e. The van der Waals surface area contributed by atoms with E-state index in [9.17, 15) is 9.59 Å². The van der Waals surface area contributed by atoms with Crippen molar-refractivity contribution in [1.29, 1.82) is 0 Å². The first-order chi connectivity index (χ1) is 12.0. The van der Waals surface area contributed by atoms with Gasteiger partial charge in [0.05, 0.1) is 11.3 Å². The van der Waals surface area contributed by atoms with Crippen molar-refractivity contribution in [3.8, 4) is 0 Å². The second-order valence-electron chi connectivity index (χ2n) is 5.91. The van der Waals surface area contributed by atoms with Crippen LogP contribution in [0.5, 0.6) is 0 Å². The van der Waals surface area contributed by atoms with Crippen molar-refractivity contribution in [2.45, 2.75) is 13.5 Å². The Balaban J connectivity index is 1.47. The van der Waals surface area contributed by atoms with Crippen LogP contribution in [-0.4, -0.2) is 53.2 Å². The zero-order chi connectivity index (χ0) is 17.8. The summed E-state index contributed by atoms with van der Waals surface area (Å²) in [6.07, 6.45) is 0. The van der Waals surface area contributed by atoms with Crippen LogP contribution < -0.4 is 10.2 Å². The predicted octanol–water partition coefficient (Wildman–Crippen LogP) is 2.18. The fraction of sp³-hybridized carbons (Fsp3) is 0.353. The van der Waals surface area contributed by atoms with Gasteiger partial charge in [-0.15, -0.1) is 11.3 Å². The molecule has 0 atom stereocenters. The van der Waals surface area contributed by atoms with Gasteiger partial charge in [-0.25, -0.2) is 14.6 Å². The Kier molecular flexibility index (Phi) is 5.18. The van der Waals surface area contributed by atoms with Gasteiger partial charge in [-0.3, -0.25) is 0 Å². The summed E-state index contributed by atoms with van der Waals surface area (Å²) in [6.45, 7) is 5.21. The van der Waals surface area contributed by atoms with Crippen LogP contribution in [0.1, 0.15) is 21.6 Å². The third-order valence-electron chi connectivity index (χ3n) is 4.09. The molecule has 2 N–H and O–H groups in total. The lowest BCUT2D eigenvalue weighted by atomic mass is 10.1. The van der Waals surface area contributed by atoms with Crippen molar-refractivity contribution < 1.29 is 14.7 Å². The molecule has 2 aromatic rings. The normalized spacial score (nSPS) is 14.4. The summed E-state index contributed by atoms with van der Waals surface area (Å²) in [4.78, 5) is 31.6. The number of benzene rings is 1. The molecule has 0 unspecified atom stereocenters. The molecule has 0 aliphatic carbocycles. The van der Waals surface area contributed by atoms with E-state index in [-0.39, 0.29) is 11.6 Å². The molecular weight excluding hydrogens is 340 g/mol. The van der Waals surface area contributed by atoms with Gasteiger partial charge >= 0.3 is 12.0 Å². The highest BCUT2D eigenvalue weighted by atomic mass is 32.1. The van der Waals surface area contributed by atoms with Crippen LogP contribution in [0, 0.1) is 6.92 Å². The van der Waals surface area contributed by atoms with E-state index in [1.165, 1.54) is 0 Å². The monoisotopic (exact) mass is 360 g/mol. The summed E-state index contributed by atoms with van der Waals surface area (Å²) in [5.41, 5.74) is 2.13. The van der Waals surface area contributed by atoms with Gasteiger partial charge in [-0.05, 0) is 24.6 Å². The third kappa shape index (κ3) is 4.27. The van der Waals surface area contributed by atoms with Crippen molar-refractivity contribution >= 4 is 28.5 Å². The number of carbonyl (C=O) groups is 2. The number of anilines is 1. The number of aromatic carboxylic acids is 1. The summed E-state index contributed by atoms with van der Waals surface area (Å²) >= 11 is 1.63. The zero-order valence-corrected chi connectivity index (χ0v) is 14.8. The summed E-state index contributed by atoms with van der Waals surface area (Å²) in [7, 11) is 0. The Labute approximate surface area is 149 Å². The summed E-state index contributed by atoms with van der Waals surface area (Å²) in [5, 5.41) is 14.8. The van der Waals surface area contributed by atoms with Crippen LogP contribution in [0.2, 0.25) is 0 Å². The van der Waals surface area contributed by atoms with Crippen LogP contribution in [0.3, 0.4) is 0 Å². The molecule has 1 fully saturated rings. The third-order valence-corrected chi connectivity index (χ3v) is 5.11. The summed E-state index contributed by atoms with van der Waals surface area (Å²) < 4.78 is 0. The molecule has 132 valence electrons. The van der Waals surface area contributed by atoms with Crippen LogP contribution in [0.4, 0.5) is 9.93 Å². The first kappa shape index (κ1) is 17.2. The molecule has 8 heteroatoms. The number of piperazine rings is 1. The number of aromatic nitrogens is 1. The second-order valence-corrected chi connectivity index (χ2v) is 6.74. The molecule has 2 heterocycles. The lowest BCUT2D eigenvalue weighted by Gasteiger charge is -2.34. The van der Waals surface area contributed by atoms with Gasteiger partial charge in [0.2, 0.25) is 0 Å². The number of nitrogens with one attached hydrogen (secondary N) is 1. The minimum absolute atomic E-state index is 0.0997. The molecule has 1 aliphatic heterocycles. The molecule has 1 aromatic heterocycles. The SMILES string of the molecule is Cc1csc(N2CCN(C(=O)NCc3ccc(C(=O)O)cc3)CC2)n1. The molecule has 3 rings (SSSR count). The average molecular weight is 360 g/mol. The van der Waals surface area contributed by atoms with Gasteiger partial charge < -0.3 is 20.2 Å². The number of amides is 2. The van der Waals surface area contributed by atoms with Crippen molar-refractivity contribution in [3.05, 3.63) is 46.5 Å². The molecular formula is C17H20N4O3S. The Morgan fingerprint density at radius 2 is 1.88 bits per heavy atom. The summed E-state index contributed by atoms with van der Waals surface area (Å²) in [6, 6.07) is 6.41. The van der Waals surface area contributed by atoms with E-state index in [2.05, 4.69) is 15.2 Å². The lowest BCUT2D eigenvalue weighted by molar-refractivity contribution is 0.0697. The average Bonchev–Trinajstić information content (AvgIpc) is 3.06. The number of rotatable bonds is 4. The molecule has 0 bridgehead atoms. The topological polar surface area (TPSA) is 85.8 Å². The molecule has 0 spiro atoms. The first-order valence-electron chi connectivity index (χ1n) is 8.05. The summed E-state index contributed by atoms with van der Waals surface area (Å²) in [5.74, 6) is -0.955. The molecule has 1 aromatic carbocycles. The maximum absolute atomic E-state index is 12.3.